The third kappa shape index (κ3) is 5.37. The van der Waals surface area contributed by atoms with E-state index in [1.807, 2.05) is 18.2 Å². The van der Waals surface area contributed by atoms with E-state index in [0.29, 0.717) is 31.6 Å². The van der Waals surface area contributed by atoms with Crippen molar-refractivity contribution in [3.63, 3.8) is 0 Å². The summed E-state index contributed by atoms with van der Waals surface area (Å²) in [6.45, 7) is 3.12. The van der Waals surface area contributed by atoms with Crippen LogP contribution in [0.4, 0.5) is 0 Å². The number of carbonyl (C=O) groups is 1. The van der Waals surface area contributed by atoms with Crippen molar-refractivity contribution >= 4 is 38.5 Å². The number of hydrogen-bond acceptors (Lipinski definition) is 3. The van der Waals surface area contributed by atoms with Crippen LogP contribution in [0.5, 0.6) is 0 Å². The van der Waals surface area contributed by atoms with Crippen molar-refractivity contribution in [2.75, 3.05) is 25.9 Å². The maximum absolute atomic E-state index is 11.9. The fourth-order valence-corrected chi connectivity index (χ4v) is 3.32. The Kier molecular flexibility index (Phi) is 6.90. The van der Waals surface area contributed by atoms with Crippen LogP contribution in [0, 0.1) is 3.57 Å². The summed E-state index contributed by atoms with van der Waals surface area (Å²) in [7, 11) is -3.16. The van der Waals surface area contributed by atoms with E-state index < -0.39 is 10.0 Å². The molecule has 0 heterocycles. The van der Waals surface area contributed by atoms with Crippen LogP contribution >= 0.6 is 22.6 Å². The number of halogens is 1. The van der Waals surface area contributed by atoms with Gasteiger partial charge < -0.3 is 5.32 Å². The Morgan fingerprint density at radius 1 is 1.35 bits per heavy atom. The van der Waals surface area contributed by atoms with Gasteiger partial charge in [-0.15, -0.1) is 0 Å². The van der Waals surface area contributed by atoms with Crippen molar-refractivity contribution in [2.45, 2.75) is 13.3 Å². The maximum Gasteiger partial charge on any atom is 0.252 e. The smallest absolute Gasteiger partial charge is 0.252 e. The molecule has 5 nitrogen and oxygen atoms in total. The molecule has 0 saturated heterocycles. The molecule has 0 saturated carbocycles. The van der Waals surface area contributed by atoms with Crippen molar-refractivity contribution in [2.24, 2.45) is 0 Å². The Bertz CT molecular complexity index is 560. The lowest BCUT2D eigenvalue weighted by Crippen LogP contribution is -2.33. The number of amides is 1. The second-order valence-corrected chi connectivity index (χ2v) is 7.49. The number of rotatable bonds is 7. The Morgan fingerprint density at radius 3 is 2.55 bits per heavy atom. The average Bonchev–Trinajstić information content (AvgIpc) is 2.37. The summed E-state index contributed by atoms with van der Waals surface area (Å²) in [5.74, 6) is -0.127. The van der Waals surface area contributed by atoms with Gasteiger partial charge in [-0.1, -0.05) is 19.1 Å². The third-order valence-electron chi connectivity index (χ3n) is 2.81. The zero-order valence-corrected chi connectivity index (χ0v) is 14.6. The van der Waals surface area contributed by atoms with E-state index in [0.717, 1.165) is 3.57 Å². The minimum atomic E-state index is -3.16. The monoisotopic (exact) mass is 410 g/mol. The van der Waals surface area contributed by atoms with Crippen LogP contribution in [0.25, 0.3) is 0 Å². The summed E-state index contributed by atoms with van der Waals surface area (Å²) in [5.41, 5.74) is 0.642. The zero-order valence-electron chi connectivity index (χ0n) is 11.6. The highest BCUT2D eigenvalue weighted by Crippen LogP contribution is 2.10. The summed E-state index contributed by atoms with van der Waals surface area (Å²) < 4.78 is 25.1. The number of benzene rings is 1. The fourth-order valence-electron chi connectivity index (χ4n) is 1.76. The molecular weight excluding hydrogens is 391 g/mol. The summed E-state index contributed by atoms with van der Waals surface area (Å²) in [6, 6.07) is 7.34. The fraction of sp³-hybridized carbons (Fsp3) is 0.462. The van der Waals surface area contributed by atoms with Gasteiger partial charge in [0.2, 0.25) is 10.0 Å². The van der Waals surface area contributed by atoms with Crippen LogP contribution in [0.15, 0.2) is 24.3 Å². The maximum atomic E-state index is 11.9. The topological polar surface area (TPSA) is 66.5 Å². The molecule has 1 amide bonds. The molecule has 0 atom stereocenters. The normalized spacial score (nSPS) is 11.6. The van der Waals surface area contributed by atoms with Crippen LogP contribution in [0.2, 0.25) is 0 Å². The van der Waals surface area contributed by atoms with Gasteiger partial charge in [0.1, 0.15) is 0 Å². The predicted molar refractivity (Wildman–Crippen MR) is 88.2 cm³/mol. The van der Waals surface area contributed by atoms with Crippen LogP contribution in [-0.2, 0) is 10.0 Å². The van der Waals surface area contributed by atoms with E-state index in [4.69, 9.17) is 0 Å². The van der Waals surface area contributed by atoms with Crippen molar-refractivity contribution in [1.29, 1.82) is 0 Å². The molecule has 0 spiro atoms. The Morgan fingerprint density at radius 2 is 2.00 bits per heavy atom. The Balaban J connectivity index is 2.42. The molecular formula is C13H19IN2O3S. The standard InChI is InChI=1S/C13H19IN2O3S/c1-3-16(20(2,18)19)10-6-9-15-13(17)11-7-4-5-8-12(11)14/h4-5,7-8H,3,6,9-10H2,1-2H3,(H,15,17). The molecule has 112 valence electrons. The van der Waals surface area contributed by atoms with Crippen molar-refractivity contribution in [1.82, 2.24) is 9.62 Å². The first-order chi connectivity index (χ1) is 9.36. The molecule has 0 bridgehead atoms. The second kappa shape index (κ2) is 7.94. The van der Waals surface area contributed by atoms with Crippen molar-refractivity contribution < 1.29 is 13.2 Å². The molecule has 0 radical (unpaired) electrons. The number of nitrogens with one attached hydrogen (secondary N) is 1. The van der Waals surface area contributed by atoms with Crippen LogP contribution in [-0.4, -0.2) is 44.5 Å². The molecule has 1 aromatic rings. The lowest BCUT2D eigenvalue weighted by Gasteiger charge is -2.17. The summed E-state index contributed by atoms with van der Waals surface area (Å²) in [5, 5.41) is 2.81. The number of carbonyl (C=O) groups excluding carboxylic acids is 1. The highest BCUT2D eigenvalue weighted by molar-refractivity contribution is 14.1. The lowest BCUT2D eigenvalue weighted by molar-refractivity contribution is 0.0952. The average molecular weight is 410 g/mol. The van der Waals surface area contributed by atoms with E-state index >= 15 is 0 Å². The van der Waals surface area contributed by atoms with Gasteiger partial charge in [0, 0.05) is 23.2 Å². The number of sulfonamides is 1. The molecule has 7 heteroatoms. The molecule has 1 aromatic carbocycles. The van der Waals surface area contributed by atoms with Crippen LogP contribution in [0.1, 0.15) is 23.7 Å². The van der Waals surface area contributed by atoms with Gasteiger partial charge in [-0.2, -0.15) is 0 Å². The molecule has 0 fully saturated rings. The summed E-state index contributed by atoms with van der Waals surface area (Å²) in [4.78, 5) is 11.9. The molecule has 0 aliphatic carbocycles. The van der Waals surface area contributed by atoms with Crippen molar-refractivity contribution in [3.8, 4) is 0 Å². The summed E-state index contributed by atoms with van der Waals surface area (Å²) >= 11 is 2.12. The Hall–Kier alpha value is -0.670. The van der Waals surface area contributed by atoms with Gasteiger partial charge in [0.05, 0.1) is 11.8 Å². The van der Waals surface area contributed by atoms with Gasteiger partial charge in [-0.25, -0.2) is 12.7 Å². The van der Waals surface area contributed by atoms with Crippen LogP contribution < -0.4 is 5.32 Å². The predicted octanol–water partition coefficient (Wildman–Crippen LogP) is 1.69. The molecule has 20 heavy (non-hydrogen) atoms. The molecule has 1 rings (SSSR count). The van der Waals surface area contributed by atoms with Gasteiger partial charge >= 0.3 is 0 Å². The quantitative estimate of drug-likeness (QED) is 0.550. The van der Waals surface area contributed by atoms with E-state index in [1.165, 1.54) is 10.6 Å². The first kappa shape index (κ1) is 17.4. The zero-order chi connectivity index (χ0) is 15.2. The lowest BCUT2D eigenvalue weighted by atomic mass is 10.2. The molecule has 0 aromatic heterocycles. The van der Waals surface area contributed by atoms with Gasteiger partial charge in [0.25, 0.3) is 5.91 Å². The SMILES string of the molecule is CCN(CCCNC(=O)c1ccccc1I)S(C)(=O)=O. The minimum Gasteiger partial charge on any atom is -0.352 e. The highest BCUT2D eigenvalue weighted by atomic mass is 127. The molecule has 0 aliphatic heterocycles. The number of nitrogens with zero attached hydrogens (tertiary/aromatic N) is 1. The van der Waals surface area contributed by atoms with E-state index in [9.17, 15) is 13.2 Å². The second-order valence-electron chi connectivity index (χ2n) is 4.34. The Labute approximate surface area is 133 Å². The highest BCUT2D eigenvalue weighted by Gasteiger charge is 2.14. The van der Waals surface area contributed by atoms with Gasteiger partial charge in [-0.05, 0) is 41.1 Å². The van der Waals surface area contributed by atoms with Gasteiger partial charge in [0.15, 0.2) is 0 Å². The van der Waals surface area contributed by atoms with E-state index in [1.54, 1.807) is 13.0 Å². The first-order valence-electron chi connectivity index (χ1n) is 6.34. The summed E-state index contributed by atoms with van der Waals surface area (Å²) in [6.07, 6.45) is 1.79. The van der Waals surface area contributed by atoms with E-state index in [-0.39, 0.29) is 5.91 Å². The minimum absolute atomic E-state index is 0.127. The third-order valence-corrected chi connectivity index (χ3v) is 5.13. The van der Waals surface area contributed by atoms with Gasteiger partial charge in [-0.3, -0.25) is 4.79 Å². The first-order valence-corrected chi connectivity index (χ1v) is 9.26. The molecule has 0 aliphatic rings. The van der Waals surface area contributed by atoms with Crippen LogP contribution in [0.3, 0.4) is 0 Å². The number of hydrogen-bond donors (Lipinski definition) is 1. The van der Waals surface area contributed by atoms with Crippen molar-refractivity contribution in [3.05, 3.63) is 33.4 Å². The molecule has 1 N–H and O–H groups in total. The van der Waals surface area contributed by atoms with E-state index in [2.05, 4.69) is 27.9 Å². The largest absolute Gasteiger partial charge is 0.352 e. The molecule has 0 unspecified atom stereocenters.